The van der Waals surface area contributed by atoms with Crippen molar-refractivity contribution in [1.82, 2.24) is 10.2 Å². The second-order valence-corrected chi connectivity index (χ2v) is 5.94. The quantitative estimate of drug-likeness (QED) is 0.715. The van der Waals surface area contributed by atoms with E-state index in [9.17, 15) is 0 Å². The topological polar surface area (TPSA) is 15.3 Å². The third-order valence-corrected chi connectivity index (χ3v) is 4.09. The highest BCUT2D eigenvalue weighted by molar-refractivity contribution is 4.96. The van der Waals surface area contributed by atoms with Crippen molar-refractivity contribution >= 4 is 0 Å². The van der Waals surface area contributed by atoms with Crippen molar-refractivity contribution in [3.05, 3.63) is 0 Å². The average molecular weight is 224 g/mol. The van der Waals surface area contributed by atoms with E-state index >= 15 is 0 Å². The molecule has 2 saturated carbocycles. The first kappa shape index (κ1) is 12.4. The number of hydrogen-bond donors (Lipinski definition) is 1. The lowest BCUT2D eigenvalue weighted by Crippen LogP contribution is -2.52. The van der Waals surface area contributed by atoms with E-state index < -0.39 is 0 Å². The molecule has 0 saturated heterocycles. The fraction of sp³-hybridized carbons (Fsp3) is 1.00. The van der Waals surface area contributed by atoms with Crippen LogP contribution < -0.4 is 5.32 Å². The SMILES string of the molecule is CCCN(C1CC1)C1CCC1CNC(C)C. The third kappa shape index (κ3) is 2.98. The Balaban J connectivity index is 1.78. The maximum absolute atomic E-state index is 3.61. The molecule has 0 radical (unpaired) electrons. The minimum atomic E-state index is 0.641. The number of rotatable bonds is 7. The first-order chi connectivity index (χ1) is 7.72. The van der Waals surface area contributed by atoms with Crippen LogP contribution in [-0.2, 0) is 0 Å². The summed E-state index contributed by atoms with van der Waals surface area (Å²) in [7, 11) is 0. The van der Waals surface area contributed by atoms with Crippen molar-refractivity contribution in [1.29, 1.82) is 0 Å². The fourth-order valence-corrected chi connectivity index (χ4v) is 2.90. The zero-order valence-electron chi connectivity index (χ0n) is 11.2. The van der Waals surface area contributed by atoms with Gasteiger partial charge in [-0.1, -0.05) is 20.8 Å². The molecular weight excluding hydrogens is 196 g/mol. The van der Waals surface area contributed by atoms with Crippen molar-refractivity contribution in [3.63, 3.8) is 0 Å². The van der Waals surface area contributed by atoms with Gasteiger partial charge in [-0.3, -0.25) is 4.90 Å². The zero-order chi connectivity index (χ0) is 11.5. The standard InChI is InChI=1S/C14H28N2/c1-4-9-16(13-6-7-13)14-8-5-12(14)10-15-11(2)3/h11-15H,4-10H2,1-3H3. The van der Waals surface area contributed by atoms with E-state index in [2.05, 4.69) is 31.0 Å². The maximum Gasteiger partial charge on any atom is 0.0139 e. The van der Waals surface area contributed by atoms with Gasteiger partial charge in [0.05, 0.1) is 0 Å². The van der Waals surface area contributed by atoms with Gasteiger partial charge in [0, 0.05) is 18.1 Å². The van der Waals surface area contributed by atoms with Crippen LogP contribution in [-0.4, -0.2) is 36.1 Å². The van der Waals surface area contributed by atoms with Gasteiger partial charge >= 0.3 is 0 Å². The van der Waals surface area contributed by atoms with Crippen LogP contribution in [0.1, 0.15) is 52.9 Å². The fourth-order valence-electron chi connectivity index (χ4n) is 2.90. The summed E-state index contributed by atoms with van der Waals surface area (Å²) in [4.78, 5) is 2.82. The van der Waals surface area contributed by atoms with Gasteiger partial charge in [-0.2, -0.15) is 0 Å². The van der Waals surface area contributed by atoms with E-state index in [1.807, 2.05) is 0 Å². The largest absolute Gasteiger partial charge is 0.314 e. The molecule has 2 atom stereocenters. The summed E-state index contributed by atoms with van der Waals surface area (Å²) in [5, 5.41) is 3.61. The Kier molecular flexibility index (Phi) is 4.26. The monoisotopic (exact) mass is 224 g/mol. The van der Waals surface area contributed by atoms with Gasteiger partial charge in [-0.05, 0) is 51.1 Å². The van der Waals surface area contributed by atoms with Gasteiger partial charge in [-0.25, -0.2) is 0 Å². The Bertz CT molecular complexity index is 211. The van der Waals surface area contributed by atoms with Crippen LogP contribution in [0.3, 0.4) is 0 Å². The molecule has 0 amide bonds. The summed E-state index contributed by atoms with van der Waals surface area (Å²) in [6.07, 6.45) is 7.12. The van der Waals surface area contributed by atoms with Crippen molar-refractivity contribution in [2.45, 2.75) is 71.0 Å². The molecule has 0 aliphatic heterocycles. The zero-order valence-corrected chi connectivity index (χ0v) is 11.2. The van der Waals surface area contributed by atoms with Gasteiger partial charge in [0.25, 0.3) is 0 Å². The van der Waals surface area contributed by atoms with Crippen LogP contribution >= 0.6 is 0 Å². The van der Waals surface area contributed by atoms with E-state index in [0.29, 0.717) is 6.04 Å². The average Bonchev–Trinajstić information content (AvgIpc) is 2.98. The van der Waals surface area contributed by atoms with Crippen LogP contribution in [0.4, 0.5) is 0 Å². The Morgan fingerprint density at radius 3 is 2.38 bits per heavy atom. The highest BCUT2D eigenvalue weighted by Crippen LogP contribution is 2.38. The lowest BCUT2D eigenvalue weighted by Gasteiger charge is -2.45. The highest BCUT2D eigenvalue weighted by atomic mass is 15.2. The summed E-state index contributed by atoms with van der Waals surface area (Å²) in [6, 6.07) is 2.49. The second kappa shape index (κ2) is 5.50. The van der Waals surface area contributed by atoms with Crippen LogP contribution in [0.15, 0.2) is 0 Å². The molecule has 1 N–H and O–H groups in total. The normalized spacial score (nSPS) is 29.8. The van der Waals surface area contributed by atoms with E-state index in [0.717, 1.165) is 18.0 Å². The summed E-state index contributed by atoms with van der Waals surface area (Å²) in [5.74, 6) is 0.926. The van der Waals surface area contributed by atoms with Gasteiger partial charge in [0.1, 0.15) is 0 Å². The molecule has 0 spiro atoms. The van der Waals surface area contributed by atoms with Gasteiger partial charge in [-0.15, -0.1) is 0 Å². The van der Waals surface area contributed by atoms with E-state index in [1.165, 1.54) is 45.2 Å². The highest BCUT2D eigenvalue weighted by Gasteiger charge is 2.41. The predicted octanol–water partition coefficient (Wildman–Crippen LogP) is 2.64. The molecule has 2 unspecified atom stereocenters. The summed E-state index contributed by atoms with van der Waals surface area (Å²) in [6.45, 7) is 9.37. The minimum absolute atomic E-state index is 0.641. The van der Waals surface area contributed by atoms with Crippen LogP contribution in [0.2, 0.25) is 0 Å². The minimum Gasteiger partial charge on any atom is -0.314 e. The van der Waals surface area contributed by atoms with Crippen molar-refractivity contribution in [3.8, 4) is 0 Å². The van der Waals surface area contributed by atoms with E-state index in [4.69, 9.17) is 0 Å². The molecule has 2 aliphatic rings. The van der Waals surface area contributed by atoms with Crippen molar-refractivity contribution in [2.24, 2.45) is 5.92 Å². The summed E-state index contributed by atoms with van der Waals surface area (Å²) >= 11 is 0. The smallest absolute Gasteiger partial charge is 0.0139 e. The Morgan fingerprint density at radius 1 is 1.19 bits per heavy atom. The molecule has 94 valence electrons. The molecule has 2 aliphatic carbocycles. The van der Waals surface area contributed by atoms with E-state index in [1.54, 1.807) is 0 Å². The van der Waals surface area contributed by atoms with Crippen LogP contribution in [0.25, 0.3) is 0 Å². The third-order valence-electron chi connectivity index (χ3n) is 4.09. The molecule has 0 bridgehead atoms. The van der Waals surface area contributed by atoms with Crippen molar-refractivity contribution < 1.29 is 0 Å². The Labute approximate surface area is 101 Å². The first-order valence-electron chi connectivity index (χ1n) is 7.21. The van der Waals surface area contributed by atoms with Gasteiger partial charge in [0.2, 0.25) is 0 Å². The second-order valence-electron chi connectivity index (χ2n) is 5.94. The molecule has 2 nitrogen and oxygen atoms in total. The molecule has 0 aromatic rings. The molecule has 16 heavy (non-hydrogen) atoms. The predicted molar refractivity (Wildman–Crippen MR) is 69.7 cm³/mol. The van der Waals surface area contributed by atoms with Crippen LogP contribution in [0.5, 0.6) is 0 Å². The first-order valence-corrected chi connectivity index (χ1v) is 7.21. The molecule has 2 heteroatoms. The molecule has 0 aromatic carbocycles. The molecule has 0 heterocycles. The van der Waals surface area contributed by atoms with Gasteiger partial charge in [0.15, 0.2) is 0 Å². The lowest BCUT2D eigenvalue weighted by atomic mass is 9.78. The maximum atomic E-state index is 3.61. The van der Waals surface area contributed by atoms with E-state index in [-0.39, 0.29) is 0 Å². The Morgan fingerprint density at radius 2 is 1.94 bits per heavy atom. The lowest BCUT2D eigenvalue weighted by molar-refractivity contribution is 0.0539. The van der Waals surface area contributed by atoms with Gasteiger partial charge < -0.3 is 5.32 Å². The number of nitrogens with zero attached hydrogens (tertiary/aromatic N) is 1. The molecular formula is C14H28N2. The summed E-state index contributed by atoms with van der Waals surface area (Å²) < 4.78 is 0. The Hall–Kier alpha value is -0.0800. The summed E-state index contributed by atoms with van der Waals surface area (Å²) in [5.41, 5.74) is 0. The molecule has 2 fully saturated rings. The number of nitrogens with one attached hydrogen (secondary N) is 1. The van der Waals surface area contributed by atoms with Crippen molar-refractivity contribution in [2.75, 3.05) is 13.1 Å². The van der Waals surface area contributed by atoms with Crippen LogP contribution in [0, 0.1) is 5.92 Å². The molecule has 0 aromatic heterocycles. The number of hydrogen-bond acceptors (Lipinski definition) is 2. The molecule has 2 rings (SSSR count).